The van der Waals surface area contributed by atoms with Gasteiger partial charge in [-0.25, -0.2) is 0 Å². The number of guanidine groups is 1. The van der Waals surface area contributed by atoms with E-state index in [-0.39, 0.29) is 11.9 Å². The molecule has 0 aromatic rings. The molecule has 0 aromatic carbocycles. The molecule has 0 aliphatic carbocycles. The zero-order valence-electron chi connectivity index (χ0n) is 8.66. The highest BCUT2D eigenvalue weighted by Gasteiger charge is 2.30. The number of amides is 1. The topological polar surface area (TPSA) is 47.9 Å². The Morgan fingerprint density at radius 3 is 2.64 bits per heavy atom. The van der Waals surface area contributed by atoms with Gasteiger partial charge in [0.05, 0.1) is 6.54 Å². The third-order valence-corrected chi connectivity index (χ3v) is 2.79. The van der Waals surface area contributed by atoms with Gasteiger partial charge in [0.15, 0.2) is 5.96 Å². The maximum Gasteiger partial charge on any atom is 0.244 e. The summed E-state index contributed by atoms with van der Waals surface area (Å²) in [6.45, 7) is 2.61. The van der Waals surface area contributed by atoms with Gasteiger partial charge in [-0.15, -0.1) is 0 Å². The summed E-state index contributed by atoms with van der Waals surface area (Å²) < 4.78 is 0. The molecule has 1 unspecified atom stereocenters. The van der Waals surface area contributed by atoms with Gasteiger partial charge < -0.3 is 15.1 Å². The van der Waals surface area contributed by atoms with Crippen molar-refractivity contribution in [3.8, 4) is 0 Å². The number of hydrogen-bond donors (Lipinski definition) is 1. The second-order valence-electron chi connectivity index (χ2n) is 3.87. The molecule has 5 nitrogen and oxygen atoms in total. The molecule has 78 valence electrons. The van der Waals surface area contributed by atoms with Crippen LogP contribution in [0.15, 0.2) is 4.99 Å². The molecule has 1 amide bonds. The van der Waals surface area contributed by atoms with E-state index in [9.17, 15) is 4.79 Å². The van der Waals surface area contributed by atoms with Crippen molar-refractivity contribution in [2.24, 2.45) is 4.99 Å². The zero-order chi connectivity index (χ0) is 10.1. The Balaban J connectivity index is 1.95. The molecule has 1 N–H and O–H groups in total. The molecule has 2 aliphatic rings. The lowest BCUT2D eigenvalue weighted by atomic mass is 10.2. The van der Waals surface area contributed by atoms with Gasteiger partial charge in [-0.2, -0.15) is 0 Å². The van der Waals surface area contributed by atoms with E-state index in [0.29, 0.717) is 0 Å². The summed E-state index contributed by atoms with van der Waals surface area (Å²) in [5.74, 6) is 1.03. The van der Waals surface area contributed by atoms with Gasteiger partial charge in [-0.3, -0.25) is 9.79 Å². The number of carbonyl (C=O) groups is 1. The molecule has 2 heterocycles. The Morgan fingerprint density at radius 2 is 2.14 bits per heavy atom. The predicted octanol–water partition coefficient (Wildman–Crippen LogP) is -0.892. The van der Waals surface area contributed by atoms with Crippen LogP contribution in [0.4, 0.5) is 0 Å². The highest BCUT2D eigenvalue weighted by Crippen LogP contribution is 2.09. The number of likely N-dealkylation sites (tertiary alicyclic amines) is 1. The minimum atomic E-state index is -0.0701. The summed E-state index contributed by atoms with van der Waals surface area (Å²) in [5.41, 5.74) is 0. The summed E-state index contributed by atoms with van der Waals surface area (Å²) in [5, 5.41) is 3.19. The van der Waals surface area contributed by atoms with Crippen LogP contribution in [0.3, 0.4) is 0 Å². The quantitative estimate of drug-likeness (QED) is 0.592. The second kappa shape index (κ2) is 3.48. The summed E-state index contributed by atoms with van der Waals surface area (Å²) in [7, 11) is 3.83. The fraction of sp³-hybridized carbons (Fsp3) is 0.778. The lowest BCUT2D eigenvalue weighted by molar-refractivity contribution is -0.128. The molecular weight excluding hydrogens is 180 g/mol. The van der Waals surface area contributed by atoms with Crippen molar-refractivity contribution >= 4 is 11.9 Å². The van der Waals surface area contributed by atoms with E-state index >= 15 is 0 Å². The van der Waals surface area contributed by atoms with Gasteiger partial charge >= 0.3 is 0 Å². The maximum atomic E-state index is 11.6. The molecule has 2 rings (SSSR count). The molecule has 5 heteroatoms. The molecule has 1 atom stereocenters. The van der Waals surface area contributed by atoms with E-state index in [1.807, 2.05) is 19.0 Å². The van der Waals surface area contributed by atoms with Crippen LogP contribution < -0.4 is 5.32 Å². The van der Waals surface area contributed by atoms with Gasteiger partial charge in [0, 0.05) is 27.2 Å². The number of rotatable bonds is 1. The predicted molar refractivity (Wildman–Crippen MR) is 54.1 cm³/mol. The molecule has 0 radical (unpaired) electrons. The van der Waals surface area contributed by atoms with Crippen LogP contribution in [-0.4, -0.2) is 61.4 Å². The van der Waals surface area contributed by atoms with Gasteiger partial charge in [0.25, 0.3) is 0 Å². The first-order valence-electron chi connectivity index (χ1n) is 4.95. The van der Waals surface area contributed by atoms with Crippen molar-refractivity contribution in [3.63, 3.8) is 0 Å². The standard InChI is InChI=1S/C9H16N4O/c1-12-5-3-7(8(12)14)11-9-10-4-6-13(9)2/h7H,3-6H2,1-2H3,(H,10,11). The van der Waals surface area contributed by atoms with Crippen LogP contribution in [0, 0.1) is 0 Å². The first-order chi connectivity index (χ1) is 6.68. The average Bonchev–Trinajstić information content (AvgIpc) is 2.68. The van der Waals surface area contributed by atoms with E-state index < -0.39 is 0 Å². The lowest BCUT2D eigenvalue weighted by Crippen LogP contribution is -2.45. The van der Waals surface area contributed by atoms with Gasteiger partial charge in [-0.1, -0.05) is 0 Å². The number of carbonyl (C=O) groups excluding carboxylic acids is 1. The number of likely N-dealkylation sites (N-methyl/N-ethyl adjacent to an activating group) is 2. The van der Waals surface area contributed by atoms with Crippen molar-refractivity contribution in [1.82, 2.24) is 15.1 Å². The highest BCUT2D eigenvalue weighted by atomic mass is 16.2. The normalized spacial score (nSPS) is 27.1. The van der Waals surface area contributed by atoms with Crippen LogP contribution in [0.2, 0.25) is 0 Å². The fourth-order valence-electron chi connectivity index (χ4n) is 1.80. The Kier molecular flexibility index (Phi) is 2.31. The average molecular weight is 196 g/mol. The molecule has 0 saturated carbocycles. The summed E-state index contributed by atoms with van der Waals surface area (Å²) in [6, 6.07) is -0.0701. The highest BCUT2D eigenvalue weighted by molar-refractivity contribution is 5.90. The number of nitrogens with zero attached hydrogens (tertiary/aromatic N) is 3. The van der Waals surface area contributed by atoms with E-state index in [1.54, 1.807) is 4.90 Å². The Bertz CT molecular complexity index is 276. The Hall–Kier alpha value is -1.26. The van der Waals surface area contributed by atoms with Gasteiger partial charge in [0.1, 0.15) is 6.04 Å². The molecular formula is C9H16N4O. The van der Waals surface area contributed by atoms with Crippen molar-refractivity contribution in [2.45, 2.75) is 12.5 Å². The van der Waals surface area contributed by atoms with Crippen molar-refractivity contribution in [2.75, 3.05) is 33.7 Å². The minimum absolute atomic E-state index is 0.0701. The fourth-order valence-corrected chi connectivity index (χ4v) is 1.80. The minimum Gasteiger partial charge on any atom is -0.344 e. The number of nitrogens with one attached hydrogen (secondary N) is 1. The molecule has 14 heavy (non-hydrogen) atoms. The summed E-state index contributed by atoms with van der Waals surface area (Å²) in [6.07, 6.45) is 0.877. The molecule has 1 saturated heterocycles. The van der Waals surface area contributed by atoms with Crippen molar-refractivity contribution in [3.05, 3.63) is 0 Å². The SMILES string of the molecule is CN1CCC(NC2=NCCN2C)C1=O. The van der Waals surface area contributed by atoms with Crippen LogP contribution in [0.1, 0.15) is 6.42 Å². The monoisotopic (exact) mass is 196 g/mol. The van der Waals surface area contributed by atoms with E-state index in [4.69, 9.17) is 0 Å². The van der Waals surface area contributed by atoms with Crippen molar-refractivity contribution < 1.29 is 4.79 Å². The van der Waals surface area contributed by atoms with Crippen LogP contribution in [0.25, 0.3) is 0 Å². The molecule has 2 aliphatic heterocycles. The number of hydrogen-bond acceptors (Lipinski definition) is 4. The molecule has 0 aromatic heterocycles. The smallest absolute Gasteiger partial charge is 0.244 e. The van der Waals surface area contributed by atoms with Crippen molar-refractivity contribution in [1.29, 1.82) is 0 Å². The van der Waals surface area contributed by atoms with Crippen LogP contribution in [0.5, 0.6) is 0 Å². The van der Waals surface area contributed by atoms with Gasteiger partial charge in [-0.05, 0) is 6.42 Å². The third-order valence-electron chi connectivity index (χ3n) is 2.79. The van der Waals surface area contributed by atoms with E-state index in [2.05, 4.69) is 10.3 Å². The molecule has 1 fully saturated rings. The largest absolute Gasteiger partial charge is 0.344 e. The van der Waals surface area contributed by atoms with Crippen LogP contribution in [-0.2, 0) is 4.79 Å². The third kappa shape index (κ3) is 1.54. The molecule has 0 spiro atoms. The second-order valence-corrected chi connectivity index (χ2v) is 3.87. The van der Waals surface area contributed by atoms with Crippen LogP contribution >= 0.6 is 0 Å². The summed E-state index contributed by atoms with van der Waals surface area (Å²) >= 11 is 0. The zero-order valence-corrected chi connectivity index (χ0v) is 8.66. The summed E-state index contributed by atoms with van der Waals surface area (Å²) in [4.78, 5) is 19.7. The van der Waals surface area contributed by atoms with E-state index in [1.165, 1.54) is 0 Å². The van der Waals surface area contributed by atoms with Gasteiger partial charge in [0.2, 0.25) is 5.91 Å². The Labute approximate surface area is 83.8 Å². The first kappa shape index (κ1) is 9.30. The Morgan fingerprint density at radius 1 is 1.36 bits per heavy atom. The molecule has 0 bridgehead atoms. The number of aliphatic imine (C=N–C) groups is 1. The maximum absolute atomic E-state index is 11.6. The van der Waals surface area contributed by atoms with E-state index in [0.717, 1.165) is 32.0 Å². The first-order valence-corrected chi connectivity index (χ1v) is 4.95. The lowest BCUT2D eigenvalue weighted by Gasteiger charge is -2.18.